The zero-order chi connectivity index (χ0) is 13.1. The number of anilines is 1. The highest BCUT2D eigenvalue weighted by atomic mass is 16.5. The van der Waals surface area contributed by atoms with Crippen molar-refractivity contribution in [2.45, 2.75) is 0 Å². The lowest BCUT2D eigenvalue weighted by Gasteiger charge is -2.01. The van der Waals surface area contributed by atoms with Gasteiger partial charge in [0.1, 0.15) is 5.69 Å². The van der Waals surface area contributed by atoms with Gasteiger partial charge in [0.05, 0.1) is 0 Å². The van der Waals surface area contributed by atoms with Crippen LogP contribution in [-0.4, -0.2) is 22.3 Å². The maximum atomic E-state index is 10.6. The molecule has 0 fully saturated rings. The molecule has 92 valence electrons. The Balaban J connectivity index is 2.22. The standard InChI is InChI=1S/C11H9N3O4/c12-11(17)13-7-3-1-6(2-4-7)8-5-9(10(15)16)18-14-8/h1-5H,(H,15,16)(H3,12,13,17). The minimum Gasteiger partial charge on any atom is -0.475 e. The number of nitrogens with one attached hydrogen (secondary N) is 1. The van der Waals surface area contributed by atoms with Gasteiger partial charge in [-0.25, -0.2) is 9.59 Å². The van der Waals surface area contributed by atoms with Crippen LogP contribution in [-0.2, 0) is 0 Å². The van der Waals surface area contributed by atoms with Gasteiger partial charge < -0.3 is 20.7 Å². The summed E-state index contributed by atoms with van der Waals surface area (Å²) in [6.45, 7) is 0. The van der Waals surface area contributed by atoms with E-state index in [0.29, 0.717) is 16.9 Å². The Bertz CT molecular complexity index is 589. The van der Waals surface area contributed by atoms with Gasteiger partial charge in [-0.15, -0.1) is 0 Å². The van der Waals surface area contributed by atoms with Gasteiger partial charge in [-0.05, 0) is 12.1 Å². The number of amides is 2. The number of carboxylic acid groups (broad SMARTS) is 1. The van der Waals surface area contributed by atoms with E-state index in [4.69, 9.17) is 10.8 Å². The van der Waals surface area contributed by atoms with Crippen LogP contribution in [0.1, 0.15) is 10.6 Å². The summed E-state index contributed by atoms with van der Waals surface area (Å²) in [5.74, 6) is -1.41. The van der Waals surface area contributed by atoms with E-state index in [9.17, 15) is 9.59 Å². The quantitative estimate of drug-likeness (QED) is 0.759. The maximum absolute atomic E-state index is 10.6. The van der Waals surface area contributed by atoms with Crippen LogP contribution >= 0.6 is 0 Å². The Morgan fingerprint density at radius 2 is 1.94 bits per heavy atom. The lowest BCUT2D eigenvalue weighted by Crippen LogP contribution is -2.19. The summed E-state index contributed by atoms with van der Waals surface area (Å²) in [6, 6.07) is 7.23. The number of benzene rings is 1. The molecule has 7 heteroatoms. The number of aromatic carboxylic acids is 1. The molecule has 0 saturated heterocycles. The number of hydrogen-bond donors (Lipinski definition) is 3. The van der Waals surface area contributed by atoms with Crippen LogP contribution < -0.4 is 11.1 Å². The van der Waals surface area contributed by atoms with E-state index in [2.05, 4.69) is 15.0 Å². The number of hydrogen-bond acceptors (Lipinski definition) is 4. The summed E-state index contributed by atoms with van der Waals surface area (Å²) in [5, 5.41) is 14.7. The maximum Gasteiger partial charge on any atom is 0.374 e. The molecule has 0 aliphatic rings. The van der Waals surface area contributed by atoms with Crippen molar-refractivity contribution in [2.24, 2.45) is 5.73 Å². The number of urea groups is 1. The second kappa shape index (κ2) is 4.58. The first kappa shape index (κ1) is 11.6. The lowest BCUT2D eigenvalue weighted by molar-refractivity contribution is 0.0652. The topological polar surface area (TPSA) is 118 Å². The number of nitrogens with two attached hydrogens (primary N) is 1. The number of rotatable bonds is 3. The molecular formula is C11H9N3O4. The Labute approximate surface area is 101 Å². The minimum atomic E-state index is -1.18. The highest BCUT2D eigenvalue weighted by Crippen LogP contribution is 2.21. The van der Waals surface area contributed by atoms with E-state index in [1.54, 1.807) is 24.3 Å². The van der Waals surface area contributed by atoms with Crippen molar-refractivity contribution in [2.75, 3.05) is 5.32 Å². The molecule has 18 heavy (non-hydrogen) atoms. The van der Waals surface area contributed by atoms with Crippen molar-refractivity contribution in [1.82, 2.24) is 5.16 Å². The van der Waals surface area contributed by atoms with Crippen LogP contribution in [0.15, 0.2) is 34.9 Å². The van der Waals surface area contributed by atoms with E-state index in [1.165, 1.54) is 6.07 Å². The minimum absolute atomic E-state index is 0.232. The van der Waals surface area contributed by atoms with Crippen molar-refractivity contribution in [3.63, 3.8) is 0 Å². The molecule has 0 saturated carbocycles. The third-order valence-corrected chi connectivity index (χ3v) is 2.17. The van der Waals surface area contributed by atoms with E-state index >= 15 is 0 Å². The molecule has 2 aromatic rings. The van der Waals surface area contributed by atoms with Crippen LogP contribution in [0.2, 0.25) is 0 Å². The van der Waals surface area contributed by atoms with Crippen LogP contribution in [0, 0.1) is 0 Å². The van der Waals surface area contributed by atoms with Crippen molar-refractivity contribution in [3.8, 4) is 11.3 Å². The van der Waals surface area contributed by atoms with Crippen molar-refractivity contribution in [3.05, 3.63) is 36.1 Å². The fraction of sp³-hybridized carbons (Fsp3) is 0. The molecule has 0 spiro atoms. The molecular weight excluding hydrogens is 238 g/mol. The monoisotopic (exact) mass is 247 g/mol. The smallest absolute Gasteiger partial charge is 0.374 e. The highest BCUT2D eigenvalue weighted by molar-refractivity contribution is 5.88. The average molecular weight is 247 g/mol. The average Bonchev–Trinajstić information content (AvgIpc) is 2.78. The third-order valence-electron chi connectivity index (χ3n) is 2.17. The van der Waals surface area contributed by atoms with E-state index in [1.807, 2.05) is 0 Å². The lowest BCUT2D eigenvalue weighted by atomic mass is 10.1. The number of carboxylic acids is 1. The molecule has 0 radical (unpaired) electrons. The first-order valence-corrected chi connectivity index (χ1v) is 4.93. The summed E-state index contributed by atoms with van der Waals surface area (Å²) < 4.78 is 4.64. The predicted molar refractivity (Wildman–Crippen MR) is 62.1 cm³/mol. The molecule has 0 unspecified atom stereocenters. The molecule has 0 bridgehead atoms. The molecule has 1 heterocycles. The Hall–Kier alpha value is -2.83. The summed E-state index contributed by atoms with van der Waals surface area (Å²) in [5.41, 5.74) is 6.57. The molecule has 7 nitrogen and oxygen atoms in total. The summed E-state index contributed by atoms with van der Waals surface area (Å²) >= 11 is 0. The second-order valence-electron chi connectivity index (χ2n) is 3.45. The van der Waals surface area contributed by atoms with E-state index in [-0.39, 0.29) is 5.76 Å². The van der Waals surface area contributed by atoms with Gasteiger partial charge in [0.15, 0.2) is 0 Å². The highest BCUT2D eigenvalue weighted by Gasteiger charge is 2.12. The first-order chi connectivity index (χ1) is 8.56. The van der Waals surface area contributed by atoms with Crippen molar-refractivity contribution < 1.29 is 19.2 Å². The normalized spacial score (nSPS) is 10.0. The number of nitrogens with zero attached hydrogens (tertiary/aromatic N) is 1. The number of carbonyl (C=O) groups excluding carboxylic acids is 1. The van der Waals surface area contributed by atoms with E-state index < -0.39 is 12.0 Å². The molecule has 2 rings (SSSR count). The Morgan fingerprint density at radius 1 is 1.28 bits per heavy atom. The molecule has 0 aliphatic carbocycles. The Morgan fingerprint density at radius 3 is 2.44 bits per heavy atom. The van der Waals surface area contributed by atoms with Gasteiger partial charge in [0, 0.05) is 17.3 Å². The number of carbonyl (C=O) groups is 2. The predicted octanol–water partition coefficient (Wildman–Crippen LogP) is 1.53. The van der Waals surface area contributed by atoms with Gasteiger partial charge >= 0.3 is 12.0 Å². The van der Waals surface area contributed by atoms with Gasteiger partial charge in [-0.2, -0.15) is 0 Å². The zero-order valence-corrected chi connectivity index (χ0v) is 9.08. The number of primary amides is 1. The van der Waals surface area contributed by atoms with Gasteiger partial charge in [0.25, 0.3) is 0 Å². The van der Waals surface area contributed by atoms with Gasteiger partial charge in [-0.1, -0.05) is 17.3 Å². The molecule has 1 aromatic carbocycles. The van der Waals surface area contributed by atoms with E-state index in [0.717, 1.165) is 0 Å². The zero-order valence-electron chi connectivity index (χ0n) is 9.08. The fourth-order valence-corrected chi connectivity index (χ4v) is 1.38. The second-order valence-corrected chi connectivity index (χ2v) is 3.45. The third kappa shape index (κ3) is 2.46. The number of aromatic nitrogens is 1. The Kier molecular flexibility index (Phi) is 2.96. The molecule has 2 amide bonds. The first-order valence-electron chi connectivity index (χ1n) is 4.93. The summed E-state index contributed by atoms with van der Waals surface area (Å²) in [6.07, 6.45) is 0. The van der Waals surface area contributed by atoms with Gasteiger partial charge in [0.2, 0.25) is 5.76 Å². The largest absolute Gasteiger partial charge is 0.475 e. The van der Waals surface area contributed by atoms with Crippen molar-refractivity contribution >= 4 is 17.7 Å². The van der Waals surface area contributed by atoms with Crippen LogP contribution in [0.5, 0.6) is 0 Å². The fourth-order valence-electron chi connectivity index (χ4n) is 1.38. The molecule has 1 aromatic heterocycles. The summed E-state index contributed by atoms with van der Waals surface area (Å²) in [7, 11) is 0. The molecule has 4 N–H and O–H groups in total. The molecule has 0 atom stereocenters. The summed E-state index contributed by atoms with van der Waals surface area (Å²) in [4.78, 5) is 21.2. The van der Waals surface area contributed by atoms with Crippen LogP contribution in [0.25, 0.3) is 11.3 Å². The van der Waals surface area contributed by atoms with Gasteiger partial charge in [-0.3, -0.25) is 0 Å². The van der Waals surface area contributed by atoms with Crippen LogP contribution in [0.3, 0.4) is 0 Å². The van der Waals surface area contributed by atoms with Crippen molar-refractivity contribution in [1.29, 1.82) is 0 Å². The SMILES string of the molecule is NC(=O)Nc1ccc(-c2cc(C(=O)O)on2)cc1. The van der Waals surface area contributed by atoms with Crippen LogP contribution in [0.4, 0.5) is 10.5 Å². The molecule has 0 aliphatic heterocycles.